The summed E-state index contributed by atoms with van der Waals surface area (Å²) in [5.41, 5.74) is -1.49. The Morgan fingerprint density at radius 2 is 2.03 bits per heavy atom. The summed E-state index contributed by atoms with van der Waals surface area (Å²) in [6.45, 7) is 4.99. The van der Waals surface area contributed by atoms with Gasteiger partial charge in [-0.25, -0.2) is 31.6 Å². The fraction of sp³-hybridized carbons (Fsp3) is 0.286. The van der Waals surface area contributed by atoms with Gasteiger partial charge >= 0.3 is 0 Å². The van der Waals surface area contributed by atoms with E-state index in [1.54, 1.807) is 13.0 Å². The van der Waals surface area contributed by atoms with Gasteiger partial charge in [-0.05, 0) is 38.0 Å². The lowest BCUT2D eigenvalue weighted by Gasteiger charge is -2.13. The summed E-state index contributed by atoms with van der Waals surface area (Å²) in [7, 11) is -4.12. The smallest absolute Gasteiger partial charge is 0.267 e. The molecule has 0 radical (unpaired) electrons. The Labute approximate surface area is 194 Å². The molecule has 12 heteroatoms. The molecule has 1 aliphatic rings. The Bertz CT molecular complexity index is 1210. The lowest BCUT2D eigenvalue weighted by Crippen LogP contribution is -2.32. The summed E-state index contributed by atoms with van der Waals surface area (Å²) >= 11 is 6.09. The molecule has 0 spiro atoms. The number of sulfonamides is 1. The Morgan fingerprint density at radius 3 is 2.61 bits per heavy atom. The van der Waals surface area contributed by atoms with E-state index >= 15 is 0 Å². The zero-order valence-corrected chi connectivity index (χ0v) is 19.1. The third kappa shape index (κ3) is 5.85. The molecule has 1 aliphatic carbocycles. The number of nitrogens with one attached hydrogen (secondary N) is 1. The minimum absolute atomic E-state index is 0.0998. The molecule has 0 bridgehead atoms. The van der Waals surface area contributed by atoms with Crippen molar-refractivity contribution in [2.24, 2.45) is 10.4 Å². The molecule has 2 aromatic rings. The van der Waals surface area contributed by atoms with Crippen molar-refractivity contribution in [3.63, 3.8) is 0 Å². The zero-order valence-electron chi connectivity index (χ0n) is 17.5. The number of aliphatic imine (C=N–C) groups is 1. The predicted molar refractivity (Wildman–Crippen MR) is 120 cm³/mol. The van der Waals surface area contributed by atoms with Crippen LogP contribution in [0.4, 0.5) is 8.78 Å². The normalized spacial score (nSPS) is 15.9. The van der Waals surface area contributed by atoms with Crippen LogP contribution in [0.3, 0.4) is 0 Å². The molecule has 0 aliphatic heterocycles. The number of benzene rings is 1. The molecule has 1 fully saturated rings. The van der Waals surface area contributed by atoms with Crippen LogP contribution in [-0.2, 0) is 14.8 Å². The van der Waals surface area contributed by atoms with Crippen LogP contribution in [0, 0.1) is 5.41 Å². The van der Waals surface area contributed by atoms with Crippen molar-refractivity contribution in [1.29, 1.82) is 0 Å². The first kappa shape index (κ1) is 24.6. The number of rotatable bonds is 10. The third-order valence-electron chi connectivity index (χ3n) is 4.94. The number of hydrogen-bond acceptors (Lipinski definition) is 6. The highest BCUT2D eigenvalue weighted by Gasteiger charge is 2.52. The minimum atomic E-state index is -4.12. The second kappa shape index (κ2) is 9.84. The summed E-state index contributed by atoms with van der Waals surface area (Å²) in [4.78, 5) is 16.3. The number of carbonyl (C=O) groups excluding carboxylic acids is 1. The van der Waals surface area contributed by atoms with Crippen LogP contribution < -0.4 is 9.46 Å². The minimum Gasteiger partial charge on any atom is -0.476 e. The van der Waals surface area contributed by atoms with E-state index in [0.717, 1.165) is 0 Å². The van der Waals surface area contributed by atoms with E-state index in [1.807, 2.05) is 4.72 Å². The van der Waals surface area contributed by atoms with E-state index in [-0.39, 0.29) is 33.9 Å². The number of amides is 1. The average Bonchev–Trinajstić information content (AvgIpc) is 3.45. The Morgan fingerprint density at radius 1 is 1.36 bits per heavy atom. The number of aromatic nitrogens is 2. The zero-order chi connectivity index (χ0) is 24.2. The lowest BCUT2D eigenvalue weighted by atomic mass is 10.1. The van der Waals surface area contributed by atoms with Crippen LogP contribution in [0.15, 0.2) is 70.7 Å². The third-order valence-corrected chi connectivity index (χ3v) is 6.60. The van der Waals surface area contributed by atoms with Crippen molar-refractivity contribution in [2.75, 3.05) is 6.61 Å². The number of halogens is 3. The van der Waals surface area contributed by atoms with Gasteiger partial charge in [0.15, 0.2) is 5.82 Å². The molecule has 176 valence electrons. The molecule has 1 saturated carbocycles. The van der Waals surface area contributed by atoms with Gasteiger partial charge in [0.25, 0.3) is 15.9 Å². The van der Waals surface area contributed by atoms with E-state index in [9.17, 15) is 22.0 Å². The summed E-state index contributed by atoms with van der Waals surface area (Å²) in [6, 6.07) is 8.80. The lowest BCUT2D eigenvalue weighted by molar-refractivity contribution is -0.115. The molecular formula is C21H21ClF2N4O4S. The van der Waals surface area contributed by atoms with E-state index in [1.165, 1.54) is 47.3 Å². The molecule has 1 amide bonds. The summed E-state index contributed by atoms with van der Waals surface area (Å²) in [6.07, 6.45) is 1.33. The van der Waals surface area contributed by atoms with Crippen LogP contribution in [0.5, 0.6) is 5.88 Å². The highest BCUT2D eigenvalue weighted by atomic mass is 35.5. The van der Waals surface area contributed by atoms with Crippen LogP contribution in [0.1, 0.15) is 19.8 Å². The van der Waals surface area contributed by atoms with Crippen molar-refractivity contribution in [3.8, 4) is 5.88 Å². The van der Waals surface area contributed by atoms with Gasteiger partial charge in [-0.3, -0.25) is 4.79 Å². The first-order chi connectivity index (χ1) is 15.6. The first-order valence-corrected chi connectivity index (χ1v) is 11.6. The average molecular weight is 499 g/mol. The summed E-state index contributed by atoms with van der Waals surface area (Å²) in [5.74, 6) is -0.753. The Kier molecular flexibility index (Phi) is 7.33. The Balaban J connectivity index is 1.66. The van der Waals surface area contributed by atoms with Gasteiger partial charge in [-0.1, -0.05) is 36.4 Å². The van der Waals surface area contributed by atoms with Gasteiger partial charge in [0.2, 0.25) is 12.3 Å². The maximum atomic E-state index is 13.0. The second-order valence-electron chi connectivity index (χ2n) is 7.33. The van der Waals surface area contributed by atoms with Gasteiger partial charge in [-0.2, -0.15) is 0 Å². The highest BCUT2D eigenvalue weighted by Crippen LogP contribution is 2.50. The molecular weight excluding hydrogens is 478 g/mol. The predicted octanol–water partition coefficient (Wildman–Crippen LogP) is 3.82. The molecule has 1 heterocycles. The van der Waals surface area contributed by atoms with Crippen molar-refractivity contribution in [1.82, 2.24) is 14.5 Å². The Hall–Kier alpha value is -3.05. The molecule has 0 saturated heterocycles. The monoisotopic (exact) mass is 498 g/mol. The maximum absolute atomic E-state index is 13.0. The number of hydrogen-bond donors (Lipinski definition) is 1. The molecule has 1 aromatic carbocycles. The summed E-state index contributed by atoms with van der Waals surface area (Å²) < 4.78 is 59.2. The number of carbonyl (C=O) groups is 1. The van der Waals surface area contributed by atoms with Gasteiger partial charge in [0.1, 0.15) is 11.8 Å². The first-order valence-electron chi connectivity index (χ1n) is 9.77. The van der Waals surface area contributed by atoms with Crippen molar-refractivity contribution >= 4 is 38.5 Å². The van der Waals surface area contributed by atoms with E-state index < -0.39 is 27.8 Å². The maximum Gasteiger partial charge on any atom is 0.267 e. The number of ether oxygens (including phenoxy) is 1. The van der Waals surface area contributed by atoms with Crippen LogP contribution in [0.2, 0.25) is 0 Å². The van der Waals surface area contributed by atoms with Crippen molar-refractivity contribution in [2.45, 2.75) is 31.1 Å². The van der Waals surface area contributed by atoms with Gasteiger partial charge in [0.05, 0.1) is 15.9 Å². The molecule has 0 atom stereocenters. The molecule has 1 aromatic heterocycles. The van der Waals surface area contributed by atoms with E-state index in [0.29, 0.717) is 12.8 Å². The highest BCUT2D eigenvalue weighted by molar-refractivity contribution is 7.90. The quantitative estimate of drug-likeness (QED) is 0.396. The van der Waals surface area contributed by atoms with E-state index in [4.69, 9.17) is 16.3 Å². The van der Waals surface area contributed by atoms with Crippen LogP contribution in [-0.4, -0.2) is 42.3 Å². The van der Waals surface area contributed by atoms with E-state index in [2.05, 4.69) is 16.7 Å². The standard InChI is InChI=1S/C21H21ClF2N4O4S/c1-3-16(28-12-9-17(26-28)32-13-21(10-11-21)20(23)24)25-18(22)14(2)19(29)27-33(30,31)15-7-5-4-6-8-15/h3-9,12,20H,2,10-11,13H2,1H3,(H,27,29)/b16-3+,25-18?. The fourth-order valence-corrected chi connectivity index (χ4v) is 3.84. The largest absolute Gasteiger partial charge is 0.476 e. The summed E-state index contributed by atoms with van der Waals surface area (Å²) in [5, 5.41) is 3.75. The number of allylic oxidation sites excluding steroid dienone is 1. The van der Waals surface area contributed by atoms with Crippen LogP contribution in [0.25, 0.3) is 5.82 Å². The fourth-order valence-electron chi connectivity index (χ4n) is 2.67. The van der Waals surface area contributed by atoms with Gasteiger partial charge in [0, 0.05) is 12.3 Å². The molecule has 0 unspecified atom stereocenters. The van der Waals surface area contributed by atoms with Crippen molar-refractivity contribution in [3.05, 3.63) is 60.8 Å². The number of alkyl halides is 2. The number of nitrogens with zero attached hydrogens (tertiary/aromatic N) is 3. The van der Waals surface area contributed by atoms with Crippen molar-refractivity contribution < 1.29 is 26.7 Å². The second-order valence-corrected chi connectivity index (χ2v) is 9.37. The molecule has 1 N–H and O–H groups in total. The molecule has 33 heavy (non-hydrogen) atoms. The molecule has 8 nitrogen and oxygen atoms in total. The van der Waals surface area contributed by atoms with Gasteiger partial charge in [-0.15, -0.1) is 5.10 Å². The van der Waals surface area contributed by atoms with Gasteiger partial charge < -0.3 is 4.74 Å². The SMILES string of the molecule is C=C(C(=O)NS(=O)(=O)c1ccccc1)C(Cl)=N/C(=C\C)n1ccc(OCC2(C(F)F)CC2)n1. The topological polar surface area (TPSA) is 103 Å². The molecule has 3 rings (SSSR count). The van der Waals surface area contributed by atoms with Crippen LogP contribution >= 0.6 is 11.6 Å².